The Balaban J connectivity index is 2.27. The number of hydrogen-bond acceptors (Lipinski definition) is 5. The second-order valence-corrected chi connectivity index (χ2v) is 7.75. The minimum absolute atomic E-state index is 0.0618. The molecule has 0 amide bonds. The molecule has 0 bridgehead atoms. The average molecular weight is 317 g/mol. The highest BCUT2D eigenvalue weighted by atomic mass is 32.2. The average Bonchev–Trinajstić information content (AvgIpc) is 2.62. The number of nitrogens with one attached hydrogen (secondary N) is 1. The van der Waals surface area contributed by atoms with Crippen molar-refractivity contribution in [1.29, 1.82) is 0 Å². The first-order valence-corrected chi connectivity index (χ1v) is 8.50. The molecule has 1 unspecified atom stereocenters. The van der Waals surface area contributed by atoms with E-state index in [1.54, 1.807) is 13.8 Å². The standard InChI is InChI=1S/C14H23NO5S/c1-9-12(8-16)13(10(2)20-9)21(17,18)15-11-5-6-19-14(3,4)7-11/h11,15-16H,5-8H2,1-4H3. The number of aliphatic hydroxyl groups is 1. The van der Waals surface area contributed by atoms with Crippen molar-refractivity contribution in [1.82, 2.24) is 4.72 Å². The van der Waals surface area contributed by atoms with Gasteiger partial charge in [-0.3, -0.25) is 0 Å². The van der Waals surface area contributed by atoms with Crippen molar-refractivity contribution in [2.75, 3.05) is 6.61 Å². The van der Waals surface area contributed by atoms with Gasteiger partial charge in [0.25, 0.3) is 0 Å². The van der Waals surface area contributed by atoms with Crippen LogP contribution in [0.4, 0.5) is 0 Å². The van der Waals surface area contributed by atoms with Gasteiger partial charge in [0.1, 0.15) is 16.4 Å². The summed E-state index contributed by atoms with van der Waals surface area (Å²) in [6.45, 7) is 7.29. The number of rotatable bonds is 4. The Hall–Kier alpha value is -0.890. The van der Waals surface area contributed by atoms with Gasteiger partial charge in [0.05, 0.1) is 12.2 Å². The van der Waals surface area contributed by atoms with Gasteiger partial charge in [-0.15, -0.1) is 0 Å². The monoisotopic (exact) mass is 317 g/mol. The largest absolute Gasteiger partial charge is 0.465 e. The van der Waals surface area contributed by atoms with Crippen molar-refractivity contribution in [3.05, 3.63) is 17.1 Å². The van der Waals surface area contributed by atoms with Crippen LogP contribution in [0.25, 0.3) is 0 Å². The Morgan fingerprint density at radius 3 is 2.57 bits per heavy atom. The molecule has 1 aliphatic rings. The number of furan rings is 1. The lowest BCUT2D eigenvalue weighted by Crippen LogP contribution is -2.45. The summed E-state index contributed by atoms with van der Waals surface area (Å²) in [6.07, 6.45) is 1.24. The molecule has 0 aliphatic carbocycles. The van der Waals surface area contributed by atoms with Crippen molar-refractivity contribution in [3.63, 3.8) is 0 Å². The van der Waals surface area contributed by atoms with Gasteiger partial charge >= 0.3 is 0 Å². The van der Waals surface area contributed by atoms with Gasteiger partial charge < -0.3 is 14.3 Å². The van der Waals surface area contributed by atoms with E-state index < -0.39 is 10.0 Å². The highest BCUT2D eigenvalue weighted by Gasteiger charge is 2.34. The SMILES string of the molecule is Cc1oc(C)c(S(=O)(=O)NC2CCOC(C)(C)C2)c1CO. The van der Waals surface area contributed by atoms with E-state index in [9.17, 15) is 13.5 Å². The molecule has 2 heterocycles. The molecular weight excluding hydrogens is 294 g/mol. The first-order valence-electron chi connectivity index (χ1n) is 7.02. The van der Waals surface area contributed by atoms with Gasteiger partial charge in [-0.2, -0.15) is 0 Å². The molecule has 1 aromatic rings. The molecule has 2 rings (SSSR count). The third-order valence-electron chi connectivity index (χ3n) is 3.77. The third-order valence-corrected chi connectivity index (χ3v) is 5.49. The second-order valence-electron chi connectivity index (χ2n) is 6.10. The fourth-order valence-electron chi connectivity index (χ4n) is 2.86. The van der Waals surface area contributed by atoms with Crippen LogP contribution in [-0.2, 0) is 21.4 Å². The number of hydrogen-bond donors (Lipinski definition) is 2. The molecule has 7 heteroatoms. The van der Waals surface area contributed by atoms with Crippen LogP contribution in [-0.4, -0.2) is 31.8 Å². The first kappa shape index (κ1) is 16.5. The van der Waals surface area contributed by atoms with E-state index in [4.69, 9.17) is 9.15 Å². The normalized spacial score (nSPS) is 22.4. The summed E-state index contributed by atoms with van der Waals surface area (Å²) in [6, 6.07) is -0.181. The fraction of sp³-hybridized carbons (Fsp3) is 0.714. The molecule has 0 spiro atoms. The Morgan fingerprint density at radius 1 is 1.33 bits per heavy atom. The minimum Gasteiger partial charge on any atom is -0.465 e. The molecule has 2 N–H and O–H groups in total. The quantitative estimate of drug-likeness (QED) is 0.881. The van der Waals surface area contributed by atoms with E-state index in [0.29, 0.717) is 36.5 Å². The van der Waals surface area contributed by atoms with Gasteiger partial charge in [0, 0.05) is 18.2 Å². The van der Waals surface area contributed by atoms with Crippen molar-refractivity contribution >= 4 is 10.0 Å². The van der Waals surface area contributed by atoms with E-state index in [2.05, 4.69) is 4.72 Å². The van der Waals surface area contributed by atoms with Gasteiger partial charge in [-0.25, -0.2) is 13.1 Å². The van der Waals surface area contributed by atoms with E-state index in [1.807, 2.05) is 13.8 Å². The van der Waals surface area contributed by atoms with E-state index >= 15 is 0 Å². The lowest BCUT2D eigenvalue weighted by molar-refractivity contribution is -0.0599. The molecule has 1 aliphatic heterocycles. The molecule has 0 radical (unpaired) electrons. The minimum atomic E-state index is -3.72. The smallest absolute Gasteiger partial charge is 0.244 e. The highest BCUT2D eigenvalue weighted by molar-refractivity contribution is 7.89. The lowest BCUT2D eigenvalue weighted by atomic mass is 9.95. The highest BCUT2D eigenvalue weighted by Crippen LogP contribution is 2.29. The van der Waals surface area contributed by atoms with Gasteiger partial charge in [-0.05, 0) is 40.5 Å². The maximum Gasteiger partial charge on any atom is 0.244 e. The number of aliphatic hydroxyl groups excluding tert-OH is 1. The first-order chi connectivity index (χ1) is 9.66. The van der Waals surface area contributed by atoms with Gasteiger partial charge in [0.15, 0.2) is 0 Å². The molecule has 6 nitrogen and oxygen atoms in total. The van der Waals surface area contributed by atoms with Crippen LogP contribution >= 0.6 is 0 Å². The Morgan fingerprint density at radius 2 is 2.00 bits per heavy atom. The Bertz CT molecular complexity index is 618. The lowest BCUT2D eigenvalue weighted by Gasteiger charge is -2.35. The van der Waals surface area contributed by atoms with E-state index in [0.717, 1.165) is 0 Å². The van der Waals surface area contributed by atoms with Crippen LogP contribution in [0, 0.1) is 13.8 Å². The zero-order valence-electron chi connectivity index (χ0n) is 12.9. The topological polar surface area (TPSA) is 88.8 Å². The zero-order chi connectivity index (χ0) is 15.8. The van der Waals surface area contributed by atoms with Crippen molar-refractivity contribution in [3.8, 4) is 0 Å². The van der Waals surface area contributed by atoms with Crippen LogP contribution in [0.2, 0.25) is 0 Å². The van der Waals surface area contributed by atoms with Crippen LogP contribution < -0.4 is 4.72 Å². The Labute approximate surface area is 125 Å². The number of aryl methyl sites for hydroxylation is 2. The van der Waals surface area contributed by atoms with Crippen molar-refractivity contribution < 1.29 is 22.7 Å². The van der Waals surface area contributed by atoms with E-state index in [-0.39, 0.29) is 23.1 Å². The summed E-state index contributed by atoms with van der Waals surface area (Å²) < 4.78 is 38.9. The zero-order valence-corrected chi connectivity index (χ0v) is 13.7. The molecular formula is C14H23NO5S. The molecule has 1 aromatic heterocycles. The van der Waals surface area contributed by atoms with Crippen molar-refractivity contribution in [2.45, 2.75) is 63.7 Å². The van der Waals surface area contributed by atoms with Crippen LogP contribution in [0.1, 0.15) is 43.8 Å². The summed E-state index contributed by atoms with van der Waals surface area (Å²) in [5.41, 5.74) is -0.0154. The summed E-state index contributed by atoms with van der Waals surface area (Å²) in [5.74, 6) is 0.734. The summed E-state index contributed by atoms with van der Waals surface area (Å²) in [5, 5.41) is 9.39. The molecule has 21 heavy (non-hydrogen) atoms. The van der Waals surface area contributed by atoms with Crippen LogP contribution in [0.3, 0.4) is 0 Å². The summed E-state index contributed by atoms with van der Waals surface area (Å²) in [7, 11) is -3.72. The predicted octanol–water partition coefficient (Wildman–Crippen LogP) is 1.62. The predicted molar refractivity (Wildman–Crippen MR) is 77.5 cm³/mol. The molecule has 0 saturated carbocycles. The third kappa shape index (κ3) is 3.48. The maximum atomic E-state index is 12.6. The fourth-order valence-corrected chi connectivity index (χ4v) is 4.57. The molecule has 1 saturated heterocycles. The van der Waals surface area contributed by atoms with Crippen molar-refractivity contribution in [2.24, 2.45) is 0 Å². The molecule has 0 aromatic carbocycles. The molecule has 1 atom stereocenters. The van der Waals surface area contributed by atoms with Crippen LogP contribution in [0.15, 0.2) is 9.31 Å². The van der Waals surface area contributed by atoms with Gasteiger partial charge in [-0.1, -0.05) is 0 Å². The van der Waals surface area contributed by atoms with Crippen LogP contribution in [0.5, 0.6) is 0 Å². The summed E-state index contributed by atoms with van der Waals surface area (Å²) >= 11 is 0. The molecule has 120 valence electrons. The van der Waals surface area contributed by atoms with E-state index in [1.165, 1.54) is 0 Å². The van der Waals surface area contributed by atoms with Gasteiger partial charge in [0.2, 0.25) is 10.0 Å². The summed E-state index contributed by atoms with van der Waals surface area (Å²) in [4.78, 5) is 0.0618. The Kier molecular flexibility index (Phi) is 4.49. The second kappa shape index (κ2) is 5.72. The number of ether oxygens (including phenoxy) is 1. The number of sulfonamides is 1. The maximum absolute atomic E-state index is 12.6. The molecule has 1 fully saturated rings.